The fraction of sp³-hybridized carbons (Fsp3) is 0.903. The van der Waals surface area contributed by atoms with Crippen LogP contribution < -0.4 is 10.6 Å². The van der Waals surface area contributed by atoms with Crippen molar-refractivity contribution in [1.29, 1.82) is 0 Å². The van der Waals surface area contributed by atoms with E-state index in [2.05, 4.69) is 43.6 Å². The SMILES string of the molecule is CCCCCCCC/C=C/CCCCCCCCOC(=O)CC(C(=O)O)N(CCNC(=O)CCCCCCCCCCCCCCCCC)CCNC(=O)CCCCCCCCCCCCCCCCC. The van der Waals surface area contributed by atoms with E-state index in [1.807, 2.05) is 0 Å². The normalized spacial score (nSPS) is 12.0. The molecule has 2 amide bonds. The van der Waals surface area contributed by atoms with Crippen LogP contribution in [0.2, 0.25) is 0 Å². The molecular weight excluding hydrogens is 883 g/mol. The first-order valence-electron chi connectivity index (χ1n) is 31.2. The lowest BCUT2D eigenvalue weighted by Crippen LogP contribution is -2.49. The Morgan fingerprint density at radius 1 is 0.408 bits per heavy atom. The van der Waals surface area contributed by atoms with Crippen molar-refractivity contribution in [3.63, 3.8) is 0 Å². The Morgan fingerprint density at radius 3 is 1.00 bits per heavy atom. The molecular formula is C62H119N3O6. The van der Waals surface area contributed by atoms with E-state index in [0.717, 1.165) is 64.2 Å². The molecule has 0 heterocycles. The van der Waals surface area contributed by atoms with E-state index in [1.54, 1.807) is 4.90 Å². The average Bonchev–Trinajstić information content (AvgIpc) is 3.36. The number of nitrogens with one attached hydrogen (secondary N) is 2. The van der Waals surface area contributed by atoms with E-state index in [4.69, 9.17) is 4.74 Å². The van der Waals surface area contributed by atoms with Crippen LogP contribution >= 0.6 is 0 Å². The molecule has 3 N–H and O–H groups in total. The Morgan fingerprint density at radius 2 is 0.690 bits per heavy atom. The molecule has 0 aromatic heterocycles. The van der Waals surface area contributed by atoms with Gasteiger partial charge in [0.05, 0.1) is 13.0 Å². The Hall–Kier alpha value is -2.42. The van der Waals surface area contributed by atoms with E-state index >= 15 is 0 Å². The lowest BCUT2D eigenvalue weighted by atomic mass is 10.0. The summed E-state index contributed by atoms with van der Waals surface area (Å²) in [6.07, 6.45) is 60.5. The molecule has 0 bridgehead atoms. The molecule has 0 spiro atoms. The van der Waals surface area contributed by atoms with Gasteiger partial charge in [-0.1, -0.05) is 270 Å². The smallest absolute Gasteiger partial charge is 0.321 e. The number of carbonyl (C=O) groups excluding carboxylic acids is 3. The molecule has 0 aromatic carbocycles. The number of carboxylic acids is 1. The molecule has 418 valence electrons. The third-order valence-corrected chi connectivity index (χ3v) is 14.5. The number of esters is 1. The van der Waals surface area contributed by atoms with Gasteiger partial charge < -0.3 is 20.5 Å². The summed E-state index contributed by atoms with van der Waals surface area (Å²) in [5, 5.41) is 16.3. The van der Waals surface area contributed by atoms with Crippen molar-refractivity contribution in [2.45, 2.75) is 329 Å². The third kappa shape index (κ3) is 52.3. The van der Waals surface area contributed by atoms with Crippen LogP contribution in [-0.4, -0.2) is 72.6 Å². The number of unbranched alkanes of at least 4 members (excludes halogenated alkanes) is 40. The van der Waals surface area contributed by atoms with Crippen LogP contribution in [0, 0.1) is 0 Å². The molecule has 0 aromatic rings. The highest BCUT2D eigenvalue weighted by atomic mass is 16.5. The van der Waals surface area contributed by atoms with Crippen LogP contribution in [0.5, 0.6) is 0 Å². The van der Waals surface area contributed by atoms with Gasteiger partial charge in [-0.25, -0.2) is 0 Å². The summed E-state index contributed by atoms with van der Waals surface area (Å²) >= 11 is 0. The van der Waals surface area contributed by atoms with Crippen molar-refractivity contribution < 1.29 is 29.0 Å². The number of ether oxygens (including phenoxy) is 1. The molecule has 0 aliphatic heterocycles. The van der Waals surface area contributed by atoms with E-state index in [0.29, 0.717) is 12.8 Å². The Labute approximate surface area is 440 Å². The predicted molar refractivity (Wildman–Crippen MR) is 303 cm³/mol. The lowest BCUT2D eigenvalue weighted by molar-refractivity contribution is -0.153. The zero-order chi connectivity index (χ0) is 51.8. The largest absolute Gasteiger partial charge is 0.480 e. The highest BCUT2D eigenvalue weighted by molar-refractivity contribution is 5.81. The minimum atomic E-state index is -1.11. The minimum absolute atomic E-state index is 0.0293. The fourth-order valence-electron chi connectivity index (χ4n) is 9.72. The molecule has 0 saturated heterocycles. The van der Waals surface area contributed by atoms with Crippen LogP contribution in [0.15, 0.2) is 12.2 Å². The Kier molecular flexibility index (Phi) is 54.9. The zero-order valence-corrected chi connectivity index (χ0v) is 47.4. The topological polar surface area (TPSA) is 125 Å². The van der Waals surface area contributed by atoms with E-state index in [9.17, 15) is 24.3 Å². The monoisotopic (exact) mass is 1000 g/mol. The number of carboxylic acid groups (broad SMARTS) is 1. The van der Waals surface area contributed by atoms with Gasteiger partial charge in [0.1, 0.15) is 6.04 Å². The summed E-state index contributed by atoms with van der Waals surface area (Å²) in [5.41, 5.74) is 0. The van der Waals surface area contributed by atoms with Crippen LogP contribution in [0.1, 0.15) is 323 Å². The maximum Gasteiger partial charge on any atom is 0.321 e. The number of rotatable bonds is 58. The first kappa shape index (κ1) is 68.6. The average molecular weight is 1000 g/mol. The van der Waals surface area contributed by atoms with Crippen molar-refractivity contribution in [3.8, 4) is 0 Å². The van der Waals surface area contributed by atoms with Crippen molar-refractivity contribution in [1.82, 2.24) is 15.5 Å². The second-order valence-corrected chi connectivity index (χ2v) is 21.4. The van der Waals surface area contributed by atoms with E-state index in [-0.39, 0.29) is 51.0 Å². The molecule has 9 heteroatoms. The molecule has 0 aliphatic carbocycles. The van der Waals surface area contributed by atoms with Crippen molar-refractivity contribution in [2.24, 2.45) is 0 Å². The van der Waals surface area contributed by atoms with Gasteiger partial charge in [0.2, 0.25) is 11.8 Å². The fourth-order valence-corrected chi connectivity index (χ4v) is 9.72. The Balaban J connectivity index is 4.62. The molecule has 0 radical (unpaired) electrons. The van der Waals surface area contributed by atoms with Gasteiger partial charge in [-0.15, -0.1) is 0 Å². The lowest BCUT2D eigenvalue weighted by Gasteiger charge is -2.28. The number of carbonyl (C=O) groups is 4. The van der Waals surface area contributed by atoms with E-state index in [1.165, 1.54) is 218 Å². The number of hydrogen-bond donors (Lipinski definition) is 3. The summed E-state index contributed by atoms with van der Waals surface area (Å²) < 4.78 is 5.54. The van der Waals surface area contributed by atoms with Gasteiger partial charge in [-0.2, -0.15) is 0 Å². The van der Waals surface area contributed by atoms with Crippen LogP contribution in [0.4, 0.5) is 0 Å². The maximum atomic E-state index is 13.0. The van der Waals surface area contributed by atoms with Gasteiger partial charge in [-0.05, 0) is 44.9 Å². The number of allylic oxidation sites excluding steroid dienone is 2. The molecule has 0 aliphatic rings. The van der Waals surface area contributed by atoms with Crippen LogP contribution in [-0.2, 0) is 23.9 Å². The van der Waals surface area contributed by atoms with Gasteiger partial charge in [-0.3, -0.25) is 24.1 Å². The summed E-state index contributed by atoms with van der Waals surface area (Å²) in [6.45, 7) is 8.17. The molecule has 1 atom stereocenters. The standard InChI is InChI=1S/C62H119N3O6/c1-4-7-10-13-16-19-22-25-28-31-34-37-40-43-46-49-56-71-61(68)57-58(62(69)70)65(54-52-63-59(66)50-47-44-41-38-35-32-29-26-23-20-17-14-11-8-5-2)55-53-64-60(67)51-48-45-42-39-36-33-30-27-24-21-18-15-12-9-6-3/h25,28,58H,4-24,26-27,29-57H2,1-3H3,(H,63,66)(H,64,67)(H,69,70)/b28-25+. The van der Waals surface area contributed by atoms with Gasteiger partial charge in [0.15, 0.2) is 0 Å². The quantitative estimate of drug-likeness (QED) is 0.0315. The second-order valence-electron chi connectivity index (χ2n) is 21.4. The third-order valence-electron chi connectivity index (χ3n) is 14.5. The van der Waals surface area contributed by atoms with Crippen LogP contribution in [0.25, 0.3) is 0 Å². The Bertz CT molecular complexity index is 1140. The highest BCUT2D eigenvalue weighted by Gasteiger charge is 2.29. The predicted octanol–water partition coefficient (Wildman–Crippen LogP) is 17.5. The van der Waals surface area contributed by atoms with Gasteiger partial charge in [0.25, 0.3) is 0 Å². The molecule has 71 heavy (non-hydrogen) atoms. The van der Waals surface area contributed by atoms with Crippen molar-refractivity contribution >= 4 is 23.8 Å². The highest BCUT2D eigenvalue weighted by Crippen LogP contribution is 2.17. The first-order chi connectivity index (χ1) is 34.8. The summed E-state index contributed by atoms with van der Waals surface area (Å²) in [7, 11) is 0. The van der Waals surface area contributed by atoms with E-state index < -0.39 is 18.0 Å². The molecule has 1 unspecified atom stereocenters. The summed E-state index contributed by atoms with van der Waals surface area (Å²) in [4.78, 5) is 52.8. The molecule has 0 fully saturated rings. The zero-order valence-electron chi connectivity index (χ0n) is 47.4. The van der Waals surface area contributed by atoms with Crippen molar-refractivity contribution in [3.05, 3.63) is 12.2 Å². The maximum absolute atomic E-state index is 13.0. The second kappa shape index (κ2) is 56.9. The summed E-state index contributed by atoms with van der Waals surface area (Å²) in [6, 6.07) is -1.11. The summed E-state index contributed by atoms with van der Waals surface area (Å²) in [5.74, 6) is -1.69. The molecule has 9 nitrogen and oxygen atoms in total. The first-order valence-corrected chi connectivity index (χ1v) is 31.2. The van der Waals surface area contributed by atoms with Crippen molar-refractivity contribution in [2.75, 3.05) is 32.8 Å². The van der Waals surface area contributed by atoms with Crippen LogP contribution in [0.3, 0.4) is 0 Å². The van der Waals surface area contributed by atoms with Gasteiger partial charge >= 0.3 is 11.9 Å². The number of hydrogen-bond acceptors (Lipinski definition) is 6. The molecule has 0 saturated carbocycles. The number of amides is 2. The number of aliphatic carboxylic acids is 1. The number of nitrogens with zero attached hydrogens (tertiary/aromatic N) is 1. The van der Waals surface area contributed by atoms with Gasteiger partial charge in [0, 0.05) is 39.0 Å². The molecule has 0 rings (SSSR count). The minimum Gasteiger partial charge on any atom is -0.480 e.